The summed E-state index contributed by atoms with van der Waals surface area (Å²) >= 11 is 0. The van der Waals surface area contributed by atoms with Crippen LogP contribution < -0.4 is 0 Å². The summed E-state index contributed by atoms with van der Waals surface area (Å²) in [5.41, 5.74) is 13.9. The van der Waals surface area contributed by atoms with Gasteiger partial charge in [0, 0.05) is 11.8 Å². The number of allylic oxidation sites excluding steroid dienone is 2. The molecule has 0 aliphatic heterocycles. The third-order valence-electron chi connectivity index (χ3n) is 7.21. The maximum atomic E-state index is 2.39. The minimum Gasteiger partial charge on any atom is -0.0622 e. The summed E-state index contributed by atoms with van der Waals surface area (Å²) in [5, 5.41) is 0. The van der Waals surface area contributed by atoms with Crippen molar-refractivity contribution in [2.75, 3.05) is 0 Å². The molecular formula is C32H26. The van der Waals surface area contributed by atoms with Crippen LogP contribution in [0.15, 0.2) is 103 Å². The Bertz CT molecular complexity index is 1370. The molecule has 154 valence electrons. The molecule has 32 heavy (non-hydrogen) atoms. The number of rotatable bonds is 3. The summed E-state index contributed by atoms with van der Waals surface area (Å²) in [6.45, 7) is 4.72. The first kappa shape index (κ1) is 19.1. The summed E-state index contributed by atoms with van der Waals surface area (Å²) in [7, 11) is 0. The van der Waals surface area contributed by atoms with Gasteiger partial charge in [-0.15, -0.1) is 0 Å². The topological polar surface area (TPSA) is 0 Å². The van der Waals surface area contributed by atoms with Crippen LogP contribution in [-0.4, -0.2) is 0 Å². The molecule has 0 aromatic heterocycles. The zero-order valence-corrected chi connectivity index (χ0v) is 18.5. The molecule has 4 aromatic carbocycles. The standard InChI is InChI=1S/C32H26/c1-21-26-17-9-10-18-27(26)32(31(21)24-14-7-4-8-15-24)28-19-11-16-25-20-29(22(2)30(25)28)23-12-5-3-6-13-23/h3-22H,1-2H3. The van der Waals surface area contributed by atoms with Gasteiger partial charge in [-0.3, -0.25) is 0 Å². The van der Waals surface area contributed by atoms with Crippen LogP contribution in [0.3, 0.4) is 0 Å². The summed E-state index contributed by atoms with van der Waals surface area (Å²) in [4.78, 5) is 0. The monoisotopic (exact) mass is 410 g/mol. The Labute approximate surface area is 190 Å². The third-order valence-corrected chi connectivity index (χ3v) is 7.21. The molecule has 0 amide bonds. The fraction of sp³-hybridized carbons (Fsp3) is 0.125. The van der Waals surface area contributed by atoms with Crippen LogP contribution in [0.2, 0.25) is 0 Å². The zero-order valence-electron chi connectivity index (χ0n) is 18.5. The van der Waals surface area contributed by atoms with Gasteiger partial charge in [-0.2, -0.15) is 0 Å². The highest BCUT2D eigenvalue weighted by molar-refractivity contribution is 6.07. The fourth-order valence-electron chi connectivity index (χ4n) is 5.74. The van der Waals surface area contributed by atoms with Gasteiger partial charge in [0.05, 0.1) is 0 Å². The quantitative estimate of drug-likeness (QED) is 0.318. The second-order valence-electron chi connectivity index (χ2n) is 8.96. The highest BCUT2D eigenvalue weighted by Gasteiger charge is 2.33. The predicted octanol–water partition coefficient (Wildman–Crippen LogP) is 8.42. The first-order chi connectivity index (χ1) is 15.7. The highest BCUT2D eigenvalue weighted by atomic mass is 14.4. The summed E-state index contributed by atoms with van der Waals surface area (Å²) < 4.78 is 0. The lowest BCUT2D eigenvalue weighted by atomic mass is 9.84. The summed E-state index contributed by atoms with van der Waals surface area (Å²) in [6.07, 6.45) is 2.39. The summed E-state index contributed by atoms with van der Waals surface area (Å²) in [5.74, 6) is 0.730. The number of benzene rings is 4. The van der Waals surface area contributed by atoms with Crippen LogP contribution in [0, 0.1) is 0 Å². The van der Waals surface area contributed by atoms with Crippen LogP contribution in [0.5, 0.6) is 0 Å². The van der Waals surface area contributed by atoms with Crippen molar-refractivity contribution in [3.8, 4) is 0 Å². The first-order valence-corrected chi connectivity index (χ1v) is 11.5. The van der Waals surface area contributed by atoms with E-state index < -0.39 is 0 Å². The molecule has 6 rings (SSSR count). The Balaban J connectivity index is 1.59. The smallest absolute Gasteiger partial charge is 0.00794 e. The Morgan fingerprint density at radius 1 is 0.531 bits per heavy atom. The second-order valence-corrected chi connectivity index (χ2v) is 8.96. The lowest BCUT2D eigenvalue weighted by Crippen LogP contribution is -2.00. The van der Waals surface area contributed by atoms with Crippen molar-refractivity contribution >= 4 is 22.8 Å². The van der Waals surface area contributed by atoms with E-state index in [0.717, 1.165) is 0 Å². The Kier molecular flexibility index (Phi) is 4.47. The zero-order chi connectivity index (χ0) is 21.7. The van der Waals surface area contributed by atoms with E-state index in [2.05, 4.69) is 123 Å². The SMILES string of the molecule is CC1C(c2ccccc2)=C(c2cccc3c2C(C)C(c2ccccc2)=C3)c2ccccc21. The minimum atomic E-state index is 0.358. The molecule has 4 aromatic rings. The molecule has 0 nitrogen and oxygen atoms in total. The van der Waals surface area contributed by atoms with Crippen molar-refractivity contribution in [3.05, 3.63) is 142 Å². The molecule has 0 N–H and O–H groups in total. The van der Waals surface area contributed by atoms with E-state index in [0.29, 0.717) is 11.8 Å². The maximum absolute atomic E-state index is 2.39. The lowest BCUT2D eigenvalue weighted by Gasteiger charge is -2.19. The van der Waals surface area contributed by atoms with Gasteiger partial charge in [-0.05, 0) is 55.7 Å². The average molecular weight is 411 g/mol. The Morgan fingerprint density at radius 3 is 1.91 bits per heavy atom. The number of fused-ring (bicyclic) bond motifs is 2. The van der Waals surface area contributed by atoms with E-state index in [1.54, 1.807) is 0 Å². The number of hydrogen-bond acceptors (Lipinski definition) is 0. The van der Waals surface area contributed by atoms with Crippen LogP contribution in [0.25, 0.3) is 22.8 Å². The predicted molar refractivity (Wildman–Crippen MR) is 136 cm³/mol. The van der Waals surface area contributed by atoms with Gasteiger partial charge in [0.2, 0.25) is 0 Å². The van der Waals surface area contributed by atoms with Crippen molar-refractivity contribution in [3.63, 3.8) is 0 Å². The number of hydrogen-bond donors (Lipinski definition) is 0. The van der Waals surface area contributed by atoms with Gasteiger partial charge in [-0.1, -0.05) is 123 Å². The Morgan fingerprint density at radius 2 is 1.16 bits per heavy atom. The molecule has 0 saturated heterocycles. The van der Waals surface area contributed by atoms with Crippen LogP contribution >= 0.6 is 0 Å². The first-order valence-electron chi connectivity index (χ1n) is 11.5. The van der Waals surface area contributed by atoms with Gasteiger partial charge >= 0.3 is 0 Å². The maximum Gasteiger partial charge on any atom is 0.00794 e. The Hall–Kier alpha value is -3.64. The fourth-order valence-corrected chi connectivity index (χ4v) is 5.74. The van der Waals surface area contributed by atoms with Gasteiger partial charge in [0.15, 0.2) is 0 Å². The minimum absolute atomic E-state index is 0.358. The molecule has 0 heteroatoms. The van der Waals surface area contributed by atoms with Crippen LogP contribution in [0.4, 0.5) is 0 Å². The normalized spacial score (nSPS) is 19.0. The van der Waals surface area contributed by atoms with Gasteiger partial charge < -0.3 is 0 Å². The summed E-state index contributed by atoms with van der Waals surface area (Å²) in [6, 6.07) is 37.6. The van der Waals surface area contributed by atoms with E-state index in [1.165, 1.54) is 55.7 Å². The molecule has 0 bridgehead atoms. The van der Waals surface area contributed by atoms with E-state index in [1.807, 2.05) is 0 Å². The van der Waals surface area contributed by atoms with Crippen molar-refractivity contribution in [2.45, 2.75) is 25.7 Å². The average Bonchev–Trinajstić information content (AvgIpc) is 3.35. The van der Waals surface area contributed by atoms with E-state index in [9.17, 15) is 0 Å². The van der Waals surface area contributed by atoms with Gasteiger partial charge in [0.1, 0.15) is 0 Å². The highest BCUT2D eigenvalue weighted by Crippen LogP contribution is 2.53. The van der Waals surface area contributed by atoms with Crippen LogP contribution in [-0.2, 0) is 0 Å². The van der Waals surface area contributed by atoms with Crippen molar-refractivity contribution in [1.29, 1.82) is 0 Å². The molecule has 2 aliphatic rings. The molecule has 2 aliphatic carbocycles. The van der Waals surface area contributed by atoms with Crippen molar-refractivity contribution in [2.24, 2.45) is 0 Å². The lowest BCUT2D eigenvalue weighted by molar-refractivity contribution is 1.00. The molecule has 0 fully saturated rings. The van der Waals surface area contributed by atoms with E-state index in [4.69, 9.17) is 0 Å². The largest absolute Gasteiger partial charge is 0.0622 e. The molecule has 2 unspecified atom stereocenters. The molecule has 0 heterocycles. The van der Waals surface area contributed by atoms with Crippen LogP contribution in [0.1, 0.15) is 64.6 Å². The van der Waals surface area contributed by atoms with E-state index >= 15 is 0 Å². The molecule has 2 atom stereocenters. The van der Waals surface area contributed by atoms with Crippen molar-refractivity contribution in [1.82, 2.24) is 0 Å². The van der Waals surface area contributed by atoms with Gasteiger partial charge in [-0.25, -0.2) is 0 Å². The molecule has 0 radical (unpaired) electrons. The third kappa shape index (κ3) is 2.83. The van der Waals surface area contributed by atoms with E-state index in [-0.39, 0.29) is 0 Å². The van der Waals surface area contributed by atoms with Crippen molar-refractivity contribution < 1.29 is 0 Å². The van der Waals surface area contributed by atoms with Gasteiger partial charge in [0.25, 0.3) is 0 Å². The molecule has 0 saturated carbocycles. The molecular weight excluding hydrogens is 384 g/mol. The molecule has 0 spiro atoms. The second kappa shape index (κ2) is 7.50.